The molecule has 5 heteroatoms. The number of fused-ring (bicyclic) bond motifs is 4. The molecular weight excluding hydrogens is 709 g/mol. The second-order valence-corrected chi connectivity index (χ2v) is 14.5. The van der Waals surface area contributed by atoms with Gasteiger partial charge in [0.05, 0.1) is 16.9 Å². The van der Waals surface area contributed by atoms with Crippen LogP contribution in [0.25, 0.3) is 88.6 Å². The van der Waals surface area contributed by atoms with Gasteiger partial charge in [-0.2, -0.15) is 0 Å². The third-order valence-electron chi connectivity index (χ3n) is 10.9. The molecule has 3 aromatic heterocycles. The molecule has 0 aliphatic heterocycles. The molecule has 0 N–H and O–H groups in total. The highest BCUT2D eigenvalue weighted by Crippen LogP contribution is 2.39. The van der Waals surface area contributed by atoms with Crippen molar-refractivity contribution in [2.24, 2.45) is 0 Å². The highest BCUT2D eigenvalue weighted by atomic mass is 16.3. The van der Waals surface area contributed by atoms with Gasteiger partial charge < -0.3 is 9.32 Å². The van der Waals surface area contributed by atoms with E-state index in [1.807, 2.05) is 54.7 Å². The van der Waals surface area contributed by atoms with Gasteiger partial charge in [0.25, 0.3) is 0 Å². The van der Waals surface area contributed by atoms with Crippen LogP contribution < -0.4 is 4.90 Å². The van der Waals surface area contributed by atoms with Crippen molar-refractivity contribution < 1.29 is 4.42 Å². The number of pyridine rings is 2. The van der Waals surface area contributed by atoms with Crippen LogP contribution in [-0.4, -0.2) is 15.0 Å². The smallest absolute Gasteiger partial charge is 0.227 e. The maximum absolute atomic E-state index is 6.12. The van der Waals surface area contributed by atoms with Crippen LogP contribution >= 0.6 is 0 Å². The zero-order chi connectivity index (χ0) is 38.4. The quantitative estimate of drug-likeness (QED) is 0.163. The number of para-hydroxylation sites is 2. The second kappa shape index (κ2) is 14.0. The van der Waals surface area contributed by atoms with Crippen molar-refractivity contribution in [2.45, 2.75) is 0 Å². The van der Waals surface area contributed by atoms with Crippen LogP contribution in [0.15, 0.2) is 211 Å². The van der Waals surface area contributed by atoms with E-state index in [4.69, 9.17) is 19.4 Å². The van der Waals surface area contributed by atoms with Gasteiger partial charge in [0.15, 0.2) is 5.58 Å². The van der Waals surface area contributed by atoms with Crippen LogP contribution in [0.4, 0.5) is 17.1 Å². The van der Waals surface area contributed by atoms with Gasteiger partial charge in [-0.1, -0.05) is 115 Å². The largest absolute Gasteiger partial charge is 0.436 e. The SMILES string of the molecule is c1ccc(-c2nc(-c3ccc(N(c4ccc(-c5nc6ccccc6o5)cc4)c4ccc5cc(-c6ccc7ccccc7c6)ccc5c4)cc3)cc3cccnc23)cc1. The van der Waals surface area contributed by atoms with Crippen LogP contribution in [0.5, 0.6) is 0 Å². The van der Waals surface area contributed by atoms with Gasteiger partial charge in [0, 0.05) is 45.3 Å². The molecule has 0 bridgehead atoms. The number of hydrogen-bond donors (Lipinski definition) is 0. The van der Waals surface area contributed by atoms with Crippen molar-refractivity contribution in [1.29, 1.82) is 0 Å². The molecule has 0 saturated carbocycles. The highest BCUT2D eigenvalue weighted by molar-refractivity contribution is 5.96. The van der Waals surface area contributed by atoms with E-state index in [-0.39, 0.29) is 0 Å². The Bertz CT molecular complexity index is 3250. The molecule has 0 fully saturated rings. The summed E-state index contributed by atoms with van der Waals surface area (Å²) in [6.45, 7) is 0. The number of aromatic nitrogens is 3. The van der Waals surface area contributed by atoms with E-state index in [2.05, 4.69) is 157 Å². The number of benzene rings is 8. The Kier molecular flexibility index (Phi) is 8.07. The minimum atomic E-state index is 0.601. The van der Waals surface area contributed by atoms with Crippen molar-refractivity contribution in [2.75, 3.05) is 4.90 Å². The average Bonchev–Trinajstić information content (AvgIpc) is 3.74. The summed E-state index contributed by atoms with van der Waals surface area (Å²) in [6, 6.07) is 70.1. The van der Waals surface area contributed by atoms with Crippen molar-refractivity contribution >= 4 is 60.6 Å². The van der Waals surface area contributed by atoms with Gasteiger partial charge in [-0.3, -0.25) is 4.98 Å². The first-order valence-corrected chi connectivity index (χ1v) is 19.4. The van der Waals surface area contributed by atoms with E-state index in [1.54, 1.807) is 0 Å². The number of anilines is 3. The summed E-state index contributed by atoms with van der Waals surface area (Å²) in [5, 5.41) is 5.88. The van der Waals surface area contributed by atoms with Gasteiger partial charge in [-0.15, -0.1) is 0 Å². The van der Waals surface area contributed by atoms with Crippen LogP contribution in [-0.2, 0) is 0 Å². The molecule has 0 unspecified atom stereocenters. The van der Waals surface area contributed by atoms with E-state index in [0.29, 0.717) is 5.89 Å². The lowest BCUT2D eigenvalue weighted by atomic mass is 9.98. The number of rotatable bonds is 7. The molecule has 8 aromatic carbocycles. The summed E-state index contributed by atoms with van der Waals surface area (Å²) in [5.41, 5.74) is 12.8. The molecule has 0 saturated heterocycles. The summed E-state index contributed by atoms with van der Waals surface area (Å²) in [4.78, 5) is 16.9. The molecule has 5 nitrogen and oxygen atoms in total. The fraction of sp³-hybridized carbons (Fsp3) is 0. The summed E-state index contributed by atoms with van der Waals surface area (Å²) in [7, 11) is 0. The van der Waals surface area contributed by atoms with Gasteiger partial charge in [-0.05, 0) is 118 Å². The predicted octanol–water partition coefficient (Wildman–Crippen LogP) is 14.2. The monoisotopic (exact) mass is 742 g/mol. The van der Waals surface area contributed by atoms with Gasteiger partial charge >= 0.3 is 0 Å². The van der Waals surface area contributed by atoms with Crippen LogP contribution in [0.3, 0.4) is 0 Å². The highest BCUT2D eigenvalue weighted by Gasteiger charge is 2.17. The molecular formula is C53H34N4O. The second-order valence-electron chi connectivity index (χ2n) is 14.5. The Balaban J connectivity index is 0.988. The topological polar surface area (TPSA) is 55.1 Å². The molecule has 11 rings (SSSR count). The van der Waals surface area contributed by atoms with Gasteiger partial charge in [-0.25, -0.2) is 9.97 Å². The molecule has 0 atom stereocenters. The molecule has 0 radical (unpaired) electrons. The van der Waals surface area contributed by atoms with E-state index in [9.17, 15) is 0 Å². The molecule has 0 aliphatic rings. The lowest BCUT2D eigenvalue weighted by Crippen LogP contribution is -2.10. The van der Waals surface area contributed by atoms with Crippen molar-refractivity contribution in [1.82, 2.24) is 15.0 Å². The van der Waals surface area contributed by atoms with Crippen molar-refractivity contribution in [3.63, 3.8) is 0 Å². The molecule has 0 aliphatic carbocycles. The van der Waals surface area contributed by atoms with Crippen LogP contribution in [0, 0.1) is 0 Å². The number of nitrogens with zero attached hydrogens (tertiary/aromatic N) is 4. The van der Waals surface area contributed by atoms with Crippen molar-refractivity contribution in [3.05, 3.63) is 206 Å². The molecule has 272 valence electrons. The molecule has 11 aromatic rings. The number of oxazole rings is 1. The normalized spacial score (nSPS) is 11.4. The Hall–Kier alpha value is -7.89. The van der Waals surface area contributed by atoms with E-state index in [0.717, 1.165) is 72.5 Å². The zero-order valence-electron chi connectivity index (χ0n) is 31.3. The Morgan fingerprint density at radius 1 is 0.379 bits per heavy atom. The maximum Gasteiger partial charge on any atom is 0.227 e. The standard InChI is InChI=1S/C53H34N4O/c1-2-10-37(11-3-1)52-51-44(13-8-30-54-51)34-49(55-52)36-20-25-45(26-21-36)57(46-27-22-38(23-28-46)53-56-48-14-6-7-15-50(48)58-53)47-29-24-42-32-41(18-19-43(42)33-47)40-17-16-35-9-4-5-12-39(35)31-40/h1-34H. The van der Waals surface area contributed by atoms with Crippen LogP contribution in [0.1, 0.15) is 0 Å². The molecule has 0 amide bonds. The molecule has 3 heterocycles. The number of hydrogen-bond acceptors (Lipinski definition) is 5. The molecule has 58 heavy (non-hydrogen) atoms. The maximum atomic E-state index is 6.12. The zero-order valence-corrected chi connectivity index (χ0v) is 31.3. The Morgan fingerprint density at radius 3 is 1.74 bits per heavy atom. The van der Waals surface area contributed by atoms with Crippen molar-refractivity contribution in [3.8, 4) is 45.1 Å². The van der Waals surface area contributed by atoms with Gasteiger partial charge in [0.1, 0.15) is 5.52 Å². The minimum absolute atomic E-state index is 0.601. The Morgan fingerprint density at radius 2 is 0.966 bits per heavy atom. The van der Waals surface area contributed by atoms with E-state index < -0.39 is 0 Å². The predicted molar refractivity (Wildman–Crippen MR) is 239 cm³/mol. The summed E-state index contributed by atoms with van der Waals surface area (Å²) >= 11 is 0. The first-order chi connectivity index (χ1) is 28.7. The van der Waals surface area contributed by atoms with Crippen LogP contribution in [0.2, 0.25) is 0 Å². The summed E-state index contributed by atoms with van der Waals surface area (Å²) in [5.74, 6) is 0.601. The fourth-order valence-corrected chi connectivity index (χ4v) is 7.93. The average molecular weight is 743 g/mol. The summed E-state index contributed by atoms with van der Waals surface area (Å²) < 4.78 is 6.12. The fourth-order valence-electron chi connectivity index (χ4n) is 7.93. The first-order valence-electron chi connectivity index (χ1n) is 19.4. The molecule has 0 spiro atoms. The first kappa shape index (κ1) is 33.4. The third kappa shape index (κ3) is 6.12. The van der Waals surface area contributed by atoms with Gasteiger partial charge in [0.2, 0.25) is 5.89 Å². The van der Waals surface area contributed by atoms with E-state index >= 15 is 0 Å². The Labute approximate surface area is 335 Å². The van der Waals surface area contributed by atoms with E-state index in [1.165, 1.54) is 27.3 Å². The third-order valence-corrected chi connectivity index (χ3v) is 10.9. The lowest BCUT2D eigenvalue weighted by molar-refractivity contribution is 0.620. The lowest BCUT2D eigenvalue weighted by Gasteiger charge is -2.26. The minimum Gasteiger partial charge on any atom is -0.436 e. The summed E-state index contributed by atoms with van der Waals surface area (Å²) in [6.07, 6.45) is 1.83.